The van der Waals surface area contributed by atoms with Crippen LogP contribution >= 0.6 is 11.3 Å². The van der Waals surface area contributed by atoms with Gasteiger partial charge in [0.05, 0.1) is 13.7 Å². The van der Waals surface area contributed by atoms with Crippen molar-refractivity contribution in [1.82, 2.24) is 0 Å². The first-order valence-electron chi connectivity index (χ1n) is 6.91. The van der Waals surface area contributed by atoms with E-state index in [1.54, 1.807) is 14.0 Å². The van der Waals surface area contributed by atoms with Gasteiger partial charge in [-0.05, 0) is 43.0 Å². The van der Waals surface area contributed by atoms with Crippen molar-refractivity contribution in [2.24, 2.45) is 0 Å². The van der Waals surface area contributed by atoms with Gasteiger partial charge in [-0.3, -0.25) is 0 Å². The van der Waals surface area contributed by atoms with Crippen molar-refractivity contribution in [2.45, 2.75) is 19.8 Å². The highest BCUT2D eigenvalue weighted by Gasteiger charge is 2.28. The monoisotopic (exact) mass is 303 g/mol. The van der Waals surface area contributed by atoms with Crippen LogP contribution < -0.4 is 10.5 Å². The quantitative estimate of drug-likeness (QED) is 0.884. The summed E-state index contributed by atoms with van der Waals surface area (Å²) in [4.78, 5) is 13.4. The van der Waals surface area contributed by atoms with Crippen molar-refractivity contribution < 1.29 is 14.3 Å². The molecule has 110 valence electrons. The van der Waals surface area contributed by atoms with E-state index in [1.807, 2.05) is 18.2 Å². The Kier molecular flexibility index (Phi) is 3.59. The Morgan fingerprint density at radius 1 is 1.38 bits per heavy atom. The first-order chi connectivity index (χ1) is 10.2. The number of carbonyl (C=O) groups excluding carboxylic acids is 1. The van der Waals surface area contributed by atoms with E-state index in [1.165, 1.54) is 16.9 Å². The fourth-order valence-electron chi connectivity index (χ4n) is 2.76. The minimum Gasteiger partial charge on any atom is -0.497 e. The first kappa shape index (κ1) is 13.9. The van der Waals surface area contributed by atoms with Gasteiger partial charge in [-0.25, -0.2) is 4.79 Å². The number of esters is 1. The van der Waals surface area contributed by atoms with E-state index < -0.39 is 0 Å². The van der Waals surface area contributed by atoms with E-state index in [9.17, 15) is 4.79 Å². The topological polar surface area (TPSA) is 61.5 Å². The highest BCUT2D eigenvalue weighted by atomic mass is 32.1. The Balaban J connectivity index is 2.16. The van der Waals surface area contributed by atoms with Crippen molar-refractivity contribution in [3.63, 3.8) is 0 Å². The molecule has 2 aromatic rings. The minimum absolute atomic E-state index is 0.337. The van der Waals surface area contributed by atoms with E-state index in [0.717, 1.165) is 34.6 Å². The molecule has 5 heteroatoms. The van der Waals surface area contributed by atoms with Gasteiger partial charge in [0.2, 0.25) is 0 Å². The first-order valence-corrected chi connectivity index (χ1v) is 7.72. The van der Waals surface area contributed by atoms with Crippen molar-refractivity contribution in [2.75, 3.05) is 19.5 Å². The molecule has 3 rings (SSSR count). The Morgan fingerprint density at radius 3 is 2.90 bits per heavy atom. The van der Waals surface area contributed by atoms with Crippen molar-refractivity contribution in [3.05, 3.63) is 34.2 Å². The molecule has 0 saturated carbocycles. The highest BCUT2D eigenvalue weighted by molar-refractivity contribution is 7.17. The molecule has 0 amide bonds. The number of carbonyl (C=O) groups is 1. The molecule has 1 heterocycles. The lowest BCUT2D eigenvalue weighted by Crippen LogP contribution is -2.10. The third-order valence-corrected chi connectivity index (χ3v) is 4.77. The molecule has 21 heavy (non-hydrogen) atoms. The fraction of sp³-hybridized carbons (Fsp3) is 0.312. The average Bonchev–Trinajstić information content (AvgIpc) is 2.83. The number of methoxy groups -OCH3 is 1. The summed E-state index contributed by atoms with van der Waals surface area (Å²) in [6.07, 6.45) is 1.82. The predicted molar refractivity (Wildman–Crippen MR) is 84.1 cm³/mol. The SMILES string of the molecule is CCOC(=O)c1c(N)sc2c1-c1ccc(OC)cc1CC2. The van der Waals surface area contributed by atoms with Gasteiger partial charge in [0, 0.05) is 10.4 Å². The zero-order valence-corrected chi connectivity index (χ0v) is 12.9. The van der Waals surface area contributed by atoms with Crippen LogP contribution in [0.5, 0.6) is 5.75 Å². The molecular formula is C16H17NO3S. The average molecular weight is 303 g/mol. The molecule has 0 spiro atoms. The molecule has 0 aliphatic heterocycles. The third kappa shape index (κ3) is 2.27. The Bertz CT molecular complexity index is 706. The van der Waals surface area contributed by atoms with E-state index in [0.29, 0.717) is 17.2 Å². The second-order valence-corrected chi connectivity index (χ2v) is 6.02. The maximum Gasteiger partial charge on any atom is 0.341 e. The standard InChI is InChI=1S/C16H17NO3S/c1-3-20-16(18)14-13-11-6-5-10(19-2)8-9(11)4-7-12(13)21-15(14)17/h5-6,8H,3-4,7,17H2,1-2H3. The van der Waals surface area contributed by atoms with Gasteiger partial charge in [0.1, 0.15) is 16.3 Å². The molecule has 1 aliphatic carbocycles. The summed E-state index contributed by atoms with van der Waals surface area (Å²) in [5.74, 6) is 0.495. The lowest BCUT2D eigenvalue weighted by Gasteiger charge is -2.18. The van der Waals surface area contributed by atoms with E-state index in [4.69, 9.17) is 15.2 Å². The van der Waals surface area contributed by atoms with Crippen LogP contribution in [-0.2, 0) is 17.6 Å². The van der Waals surface area contributed by atoms with Crippen LogP contribution in [0.4, 0.5) is 5.00 Å². The molecule has 0 saturated heterocycles. The number of fused-ring (bicyclic) bond motifs is 3. The van der Waals surface area contributed by atoms with Crippen LogP contribution in [0, 0.1) is 0 Å². The van der Waals surface area contributed by atoms with Crippen LogP contribution in [-0.4, -0.2) is 19.7 Å². The summed E-state index contributed by atoms with van der Waals surface area (Å²) in [6.45, 7) is 2.14. The maximum absolute atomic E-state index is 12.2. The minimum atomic E-state index is -0.337. The molecule has 1 aliphatic rings. The summed E-state index contributed by atoms with van der Waals surface area (Å²) < 4.78 is 10.4. The van der Waals surface area contributed by atoms with Crippen molar-refractivity contribution in [1.29, 1.82) is 0 Å². The zero-order chi connectivity index (χ0) is 15.0. The number of hydrogen-bond acceptors (Lipinski definition) is 5. The lowest BCUT2D eigenvalue weighted by molar-refractivity contribution is 0.0529. The summed E-state index contributed by atoms with van der Waals surface area (Å²) in [5.41, 5.74) is 9.77. The third-order valence-electron chi connectivity index (χ3n) is 3.69. The summed E-state index contributed by atoms with van der Waals surface area (Å²) in [5, 5.41) is 0.544. The molecule has 0 atom stereocenters. The van der Waals surface area contributed by atoms with Crippen LogP contribution in [0.25, 0.3) is 11.1 Å². The van der Waals surface area contributed by atoms with Gasteiger partial charge in [-0.2, -0.15) is 0 Å². The number of nitrogen functional groups attached to an aromatic ring is 1. The van der Waals surface area contributed by atoms with E-state index >= 15 is 0 Å². The number of thiophene rings is 1. The van der Waals surface area contributed by atoms with Gasteiger partial charge in [-0.1, -0.05) is 6.07 Å². The zero-order valence-electron chi connectivity index (χ0n) is 12.1. The number of ether oxygens (including phenoxy) is 2. The van der Waals surface area contributed by atoms with Gasteiger partial charge in [0.25, 0.3) is 0 Å². The van der Waals surface area contributed by atoms with Crippen molar-refractivity contribution in [3.8, 4) is 16.9 Å². The van der Waals surface area contributed by atoms with Gasteiger partial charge >= 0.3 is 5.97 Å². The summed E-state index contributed by atoms with van der Waals surface area (Å²) >= 11 is 1.49. The molecule has 0 fully saturated rings. The molecule has 0 unspecified atom stereocenters. The summed E-state index contributed by atoms with van der Waals surface area (Å²) in [7, 11) is 1.66. The highest BCUT2D eigenvalue weighted by Crippen LogP contribution is 2.44. The van der Waals surface area contributed by atoms with Gasteiger partial charge in [0.15, 0.2) is 0 Å². The van der Waals surface area contributed by atoms with Crippen LogP contribution in [0.15, 0.2) is 18.2 Å². The predicted octanol–water partition coefficient (Wildman–Crippen LogP) is 3.28. The Labute approximate surface area is 127 Å². The van der Waals surface area contributed by atoms with Crippen molar-refractivity contribution >= 4 is 22.3 Å². The molecule has 1 aromatic carbocycles. The number of anilines is 1. The normalized spacial score (nSPS) is 12.5. The molecule has 1 aromatic heterocycles. The fourth-order valence-corrected chi connectivity index (χ4v) is 3.83. The number of aryl methyl sites for hydroxylation is 2. The Hall–Kier alpha value is -2.01. The number of hydrogen-bond donors (Lipinski definition) is 1. The summed E-state index contributed by atoms with van der Waals surface area (Å²) in [6, 6.07) is 5.94. The van der Waals surface area contributed by atoms with Crippen LogP contribution in [0.1, 0.15) is 27.7 Å². The van der Waals surface area contributed by atoms with Gasteiger partial charge in [-0.15, -0.1) is 11.3 Å². The maximum atomic E-state index is 12.2. The second kappa shape index (κ2) is 5.41. The number of benzene rings is 1. The molecular weight excluding hydrogens is 286 g/mol. The molecule has 0 radical (unpaired) electrons. The lowest BCUT2D eigenvalue weighted by atomic mass is 9.88. The Morgan fingerprint density at radius 2 is 2.19 bits per heavy atom. The molecule has 4 nitrogen and oxygen atoms in total. The van der Waals surface area contributed by atoms with E-state index in [-0.39, 0.29) is 5.97 Å². The van der Waals surface area contributed by atoms with Gasteiger partial charge < -0.3 is 15.2 Å². The second-order valence-electron chi connectivity index (χ2n) is 4.88. The largest absolute Gasteiger partial charge is 0.497 e. The van der Waals surface area contributed by atoms with E-state index in [2.05, 4.69) is 0 Å². The van der Waals surface area contributed by atoms with Crippen LogP contribution in [0.3, 0.4) is 0 Å². The smallest absolute Gasteiger partial charge is 0.341 e. The number of rotatable bonds is 3. The molecule has 2 N–H and O–H groups in total. The molecule has 0 bridgehead atoms. The van der Waals surface area contributed by atoms with Crippen LogP contribution in [0.2, 0.25) is 0 Å². The number of nitrogens with two attached hydrogens (primary N) is 1.